The van der Waals surface area contributed by atoms with E-state index in [1.54, 1.807) is 6.92 Å². The van der Waals surface area contributed by atoms with Crippen molar-refractivity contribution >= 4 is 11.9 Å². The Hall–Kier alpha value is -2.97. The maximum atomic E-state index is 12.8. The average Bonchev–Trinajstić information content (AvgIpc) is 2.92. The normalized spacial score (nSPS) is 10.9. The lowest BCUT2D eigenvalue weighted by Crippen LogP contribution is -2.36. The zero-order valence-electron chi connectivity index (χ0n) is 14.4. The molecule has 2 aromatic heterocycles. The van der Waals surface area contributed by atoms with Gasteiger partial charge in [0.25, 0.3) is 11.5 Å². The molecule has 0 saturated heterocycles. The molecule has 2 N–H and O–H groups in total. The summed E-state index contributed by atoms with van der Waals surface area (Å²) in [7, 11) is 0. The first-order valence-corrected chi connectivity index (χ1v) is 7.91. The molecule has 2 heterocycles. The van der Waals surface area contributed by atoms with Crippen molar-refractivity contribution < 1.29 is 14.7 Å². The highest BCUT2D eigenvalue weighted by molar-refractivity contribution is 5.95. The minimum absolute atomic E-state index is 0.118. The van der Waals surface area contributed by atoms with Crippen molar-refractivity contribution in [2.24, 2.45) is 5.92 Å². The van der Waals surface area contributed by atoms with Crippen LogP contribution in [0.3, 0.4) is 0 Å². The van der Waals surface area contributed by atoms with E-state index in [-0.39, 0.29) is 30.3 Å². The lowest BCUT2D eigenvalue weighted by molar-refractivity contribution is -0.137. The second kappa shape index (κ2) is 7.73. The van der Waals surface area contributed by atoms with Gasteiger partial charge in [0.2, 0.25) is 0 Å². The molecule has 9 heteroatoms. The highest BCUT2D eigenvalue weighted by atomic mass is 16.4. The first-order chi connectivity index (χ1) is 11.8. The first-order valence-electron chi connectivity index (χ1n) is 7.91. The van der Waals surface area contributed by atoms with Gasteiger partial charge in [-0.3, -0.25) is 14.4 Å². The number of aromatic amines is 1. The van der Waals surface area contributed by atoms with Gasteiger partial charge in [0.05, 0.1) is 23.9 Å². The smallest absolute Gasteiger partial charge is 0.305 e. The van der Waals surface area contributed by atoms with Crippen LogP contribution < -0.4 is 5.56 Å². The van der Waals surface area contributed by atoms with E-state index >= 15 is 0 Å². The van der Waals surface area contributed by atoms with E-state index in [0.717, 1.165) is 0 Å². The summed E-state index contributed by atoms with van der Waals surface area (Å²) in [6.45, 7) is 6.22. The lowest BCUT2D eigenvalue weighted by atomic mass is 10.1. The van der Waals surface area contributed by atoms with Crippen molar-refractivity contribution in [3.63, 3.8) is 0 Å². The number of carboxylic acid groups (broad SMARTS) is 1. The predicted octanol–water partition coefficient (Wildman–Crippen LogP) is 0.837. The van der Waals surface area contributed by atoms with Crippen LogP contribution in [0.1, 0.15) is 36.3 Å². The Kier molecular flexibility index (Phi) is 5.68. The maximum absolute atomic E-state index is 12.8. The minimum Gasteiger partial charge on any atom is -0.481 e. The number of carbonyl (C=O) groups excluding carboxylic acids is 1. The molecule has 0 saturated carbocycles. The van der Waals surface area contributed by atoms with Gasteiger partial charge in [0, 0.05) is 19.2 Å². The number of nitrogens with zero attached hydrogens (tertiary/aromatic N) is 4. The van der Waals surface area contributed by atoms with Gasteiger partial charge < -0.3 is 10.0 Å². The summed E-state index contributed by atoms with van der Waals surface area (Å²) >= 11 is 0. The van der Waals surface area contributed by atoms with Gasteiger partial charge in [-0.15, -0.1) is 0 Å². The van der Waals surface area contributed by atoms with Crippen LogP contribution in [-0.2, 0) is 4.79 Å². The van der Waals surface area contributed by atoms with Crippen LogP contribution in [0.25, 0.3) is 5.82 Å². The molecule has 2 rings (SSSR count). The molecule has 0 atom stereocenters. The van der Waals surface area contributed by atoms with E-state index in [9.17, 15) is 14.4 Å². The fourth-order valence-electron chi connectivity index (χ4n) is 2.42. The van der Waals surface area contributed by atoms with Crippen LogP contribution in [-0.4, -0.2) is 55.0 Å². The molecule has 0 aromatic carbocycles. The predicted molar refractivity (Wildman–Crippen MR) is 89.7 cm³/mol. The van der Waals surface area contributed by atoms with Gasteiger partial charge in [0.1, 0.15) is 0 Å². The number of amides is 1. The van der Waals surface area contributed by atoms with Gasteiger partial charge >= 0.3 is 5.97 Å². The molecule has 2 aromatic rings. The fourth-order valence-corrected chi connectivity index (χ4v) is 2.42. The molecule has 25 heavy (non-hydrogen) atoms. The fraction of sp³-hybridized carbons (Fsp3) is 0.438. The highest BCUT2D eigenvalue weighted by Gasteiger charge is 2.22. The van der Waals surface area contributed by atoms with Gasteiger partial charge in [-0.05, 0) is 18.9 Å². The number of nitrogens with one attached hydrogen (secondary N) is 1. The van der Waals surface area contributed by atoms with Gasteiger partial charge in [-0.25, -0.2) is 9.78 Å². The number of aromatic nitrogens is 4. The van der Waals surface area contributed by atoms with E-state index in [1.807, 2.05) is 13.8 Å². The van der Waals surface area contributed by atoms with Gasteiger partial charge in [-0.2, -0.15) is 10.2 Å². The summed E-state index contributed by atoms with van der Waals surface area (Å²) in [5.41, 5.74) is 0.606. The van der Waals surface area contributed by atoms with Crippen molar-refractivity contribution in [2.75, 3.05) is 13.1 Å². The zero-order chi connectivity index (χ0) is 18.6. The van der Waals surface area contributed by atoms with Crippen molar-refractivity contribution in [1.82, 2.24) is 24.9 Å². The Morgan fingerprint density at radius 3 is 2.64 bits per heavy atom. The molecular weight excluding hydrogens is 326 g/mol. The summed E-state index contributed by atoms with van der Waals surface area (Å²) in [6, 6.07) is 2.83. The topological polar surface area (TPSA) is 121 Å². The maximum Gasteiger partial charge on any atom is 0.305 e. The van der Waals surface area contributed by atoms with E-state index in [4.69, 9.17) is 5.11 Å². The van der Waals surface area contributed by atoms with E-state index in [0.29, 0.717) is 23.6 Å². The number of rotatable bonds is 7. The van der Waals surface area contributed by atoms with Crippen molar-refractivity contribution in [3.05, 3.63) is 39.9 Å². The molecule has 0 aliphatic rings. The Morgan fingerprint density at radius 2 is 2.08 bits per heavy atom. The third-order valence-electron chi connectivity index (χ3n) is 3.59. The summed E-state index contributed by atoms with van der Waals surface area (Å²) in [6.07, 6.45) is 1.31. The number of H-pyrrole nitrogens is 1. The Labute approximate surface area is 144 Å². The molecular formula is C16H21N5O4. The van der Waals surface area contributed by atoms with Crippen LogP contribution in [0.4, 0.5) is 0 Å². The van der Waals surface area contributed by atoms with E-state index < -0.39 is 5.97 Å². The molecule has 0 spiro atoms. The third-order valence-corrected chi connectivity index (χ3v) is 3.59. The van der Waals surface area contributed by atoms with E-state index in [2.05, 4.69) is 15.3 Å². The highest BCUT2D eigenvalue weighted by Crippen LogP contribution is 2.15. The van der Waals surface area contributed by atoms with Gasteiger partial charge in [0.15, 0.2) is 5.82 Å². The van der Waals surface area contributed by atoms with Crippen LogP contribution in [0.2, 0.25) is 0 Å². The molecule has 0 bridgehead atoms. The summed E-state index contributed by atoms with van der Waals surface area (Å²) in [5, 5.41) is 19.3. The number of carbonyl (C=O) groups is 2. The molecule has 9 nitrogen and oxygen atoms in total. The Balaban J connectivity index is 2.29. The summed E-state index contributed by atoms with van der Waals surface area (Å²) < 4.78 is 1.45. The zero-order valence-corrected chi connectivity index (χ0v) is 14.4. The molecule has 1 amide bonds. The number of hydrogen-bond donors (Lipinski definition) is 2. The van der Waals surface area contributed by atoms with E-state index in [1.165, 1.54) is 27.9 Å². The molecule has 0 aliphatic heterocycles. The van der Waals surface area contributed by atoms with Gasteiger partial charge in [-0.1, -0.05) is 13.8 Å². The molecule has 0 fully saturated rings. The SMILES string of the molecule is Cc1c(C(=O)N(CCC(=O)O)CC(C)C)cnn1-c1ccc(=O)[nH]n1. The van der Waals surface area contributed by atoms with Crippen molar-refractivity contribution in [2.45, 2.75) is 27.2 Å². The molecule has 0 aliphatic carbocycles. The third kappa shape index (κ3) is 4.52. The minimum atomic E-state index is -0.952. The van der Waals surface area contributed by atoms with Crippen molar-refractivity contribution in [1.29, 1.82) is 0 Å². The van der Waals surface area contributed by atoms with Crippen LogP contribution in [0.15, 0.2) is 23.1 Å². The Bertz CT molecular complexity index is 804. The van der Waals surface area contributed by atoms with Crippen molar-refractivity contribution in [3.8, 4) is 5.82 Å². The molecule has 0 radical (unpaired) electrons. The quantitative estimate of drug-likeness (QED) is 0.765. The average molecular weight is 347 g/mol. The second-order valence-electron chi connectivity index (χ2n) is 6.12. The summed E-state index contributed by atoms with van der Waals surface area (Å²) in [5.74, 6) is -0.638. The number of aliphatic carboxylic acids is 1. The number of hydrogen-bond acceptors (Lipinski definition) is 5. The number of carboxylic acids is 1. The monoisotopic (exact) mass is 347 g/mol. The van der Waals surface area contributed by atoms with Crippen LogP contribution in [0, 0.1) is 12.8 Å². The Morgan fingerprint density at radius 1 is 1.36 bits per heavy atom. The molecule has 0 unspecified atom stereocenters. The lowest BCUT2D eigenvalue weighted by Gasteiger charge is -2.23. The first kappa shape index (κ1) is 18.4. The van der Waals surface area contributed by atoms with Crippen LogP contribution in [0.5, 0.6) is 0 Å². The largest absolute Gasteiger partial charge is 0.481 e. The summed E-state index contributed by atoms with van der Waals surface area (Å²) in [4.78, 5) is 36.3. The van der Waals surface area contributed by atoms with Crippen LogP contribution >= 0.6 is 0 Å². The molecule has 134 valence electrons. The standard InChI is InChI=1S/C16H21N5O4/c1-10(2)9-20(7-6-15(23)24)16(25)12-8-17-21(11(12)3)13-4-5-14(22)19-18-13/h4-5,8,10H,6-7,9H2,1-3H3,(H,19,22)(H,23,24). The second-order valence-corrected chi connectivity index (χ2v) is 6.12.